The molecule has 3 rings (SSSR count). The number of nitrogens with one attached hydrogen (secondary N) is 3. The zero-order chi connectivity index (χ0) is 21.3. The molecule has 1 aliphatic rings. The lowest BCUT2D eigenvalue weighted by Gasteiger charge is -2.19. The largest absolute Gasteiger partial charge is 0.455 e. The second kappa shape index (κ2) is 10.2. The van der Waals surface area contributed by atoms with Crippen LogP contribution in [-0.2, 0) is 9.59 Å². The van der Waals surface area contributed by atoms with Crippen molar-refractivity contribution in [2.75, 3.05) is 11.9 Å². The molecule has 0 spiro atoms. The highest BCUT2D eigenvalue weighted by atomic mass is 16.5. The third-order valence-electron chi connectivity index (χ3n) is 4.69. The van der Waals surface area contributed by atoms with Crippen molar-refractivity contribution in [1.29, 1.82) is 0 Å². The number of para-hydroxylation sites is 3. The van der Waals surface area contributed by atoms with Crippen LogP contribution >= 0.6 is 0 Å². The number of urea groups is 1. The zero-order valence-electron chi connectivity index (χ0n) is 16.8. The number of benzene rings is 2. The molecule has 0 radical (unpaired) electrons. The number of allylic oxidation sites excluding steroid dienone is 1. The van der Waals surface area contributed by atoms with Gasteiger partial charge in [-0.3, -0.25) is 9.59 Å². The molecule has 2 aromatic rings. The molecule has 0 aliphatic carbocycles. The van der Waals surface area contributed by atoms with Gasteiger partial charge in [-0.2, -0.15) is 0 Å². The summed E-state index contributed by atoms with van der Waals surface area (Å²) in [5.41, 5.74) is 0.506. The third kappa shape index (κ3) is 6.20. The second-order valence-corrected chi connectivity index (χ2v) is 7.10. The monoisotopic (exact) mass is 407 g/mol. The fraction of sp³-hybridized carbons (Fsp3) is 0.261. The summed E-state index contributed by atoms with van der Waals surface area (Å²) in [6, 6.07) is 15.5. The molecule has 2 atom stereocenters. The van der Waals surface area contributed by atoms with Crippen LogP contribution in [0.1, 0.15) is 19.8 Å². The molecule has 1 aliphatic heterocycles. The minimum Gasteiger partial charge on any atom is -0.455 e. The first-order valence-electron chi connectivity index (χ1n) is 9.87. The topological polar surface area (TPSA) is 96.5 Å². The molecule has 2 aromatic carbocycles. The Hall–Kier alpha value is -3.61. The standard InChI is InChI=1S/C23H25N3O4/c1-16(27)11-12-18(15-17-13-14-24-22(17)28)25-23(29)26-20-9-5-6-10-21(20)30-19-7-3-2-4-8-19/h2-12,17-18H,13-15H2,1H3,(H,24,28)(H2,25,26,29)/b12-11+/t17-,18+/m0/s1. The number of hydrogen-bond acceptors (Lipinski definition) is 4. The van der Waals surface area contributed by atoms with Gasteiger partial charge in [0.05, 0.1) is 11.7 Å². The number of amides is 3. The summed E-state index contributed by atoms with van der Waals surface area (Å²) < 4.78 is 5.86. The Kier molecular flexibility index (Phi) is 7.21. The summed E-state index contributed by atoms with van der Waals surface area (Å²) in [5, 5.41) is 8.41. The van der Waals surface area contributed by atoms with Gasteiger partial charge in [0, 0.05) is 12.5 Å². The lowest BCUT2D eigenvalue weighted by Crippen LogP contribution is -2.39. The van der Waals surface area contributed by atoms with E-state index in [1.807, 2.05) is 36.4 Å². The molecular formula is C23H25N3O4. The number of rotatable bonds is 8. The molecule has 1 saturated heterocycles. The molecule has 0 bridgehead atoms. The molecule has 156 valence electrons. The van der Waals surface area contributed by atoms with Gasteiger partial charge in [-0.25, -0.2) is 4.79 Å². The van der Waals surface area contributed by atoms with Crippen LogP contribution in [0.2, 0.25) is 0 Å². The Morgan fingerprint density at radius 2 is 1.90 bits per heavy atom. The Morgan fingerprint density at radius 3 is 2.60 bits per heavy atom. The Bertz CT molecular complexity index is 927. The van der Waals surface area contributed by atoms with Gasteiger partial charge in [-0.05, 0) is 50.1 Å². The van der Waals surface area contributed by atoms with Gasteiger partial charge in [0.15, 0.2) is 11.5 Å². The first-order valence-corrected chi connectivity index (χ1v) is 9.87. The van der Waals surface area contributed by atoms with Crippen LogP contribution in [0, 0.1) is 5.92 Å². The van der Waals surface area contributed by atoms with E-state index >= 15 is 0 Å². The molecule has 1 fully saturated rings. The van der Waals surface area contributed by atoms with Crippen molar-refractivity contribution in [3.8, 4) is 11.5 Å². The number of ketones is 1. The van der Waals surface area contributed by atoms with Crippen molar-refractivity contribution in [2.24, 2.45) is 5.92 Å². The first-order chi connectivity index (χ1) is 14.5. The van der Waals surface area contributed by atoms with Crippen molar-refractivity contribution in [1.82, 2.24) is 10.6 Å². The van der Waals surface area contributed by atoms with Gasteiger partial charge in [-0.15, -0.1) is 0 Å². The molecular weight excluding hydrogens is 382 g/mol. The highest BCUT2D eigenvalue weighted by Gasteiger charge is 2.27. The quantitative estimate of drug-likeness (QED) is 0.582. The normalized spacial score (nSPS) is 16.7. The third-order valence-corrected chi connectivity index (χ3v) is 4.69. The van der Waals surface area contributed by atoms with Crippen molar-refractivity contribution < 1.29 is 19.1 Å². The van der Waals surface area contributed by atoms with E-state index in [1.165, 1.54) is 13.0 Å². The number of carbonyl (C=O) groups excluding carboxylic acids is 3. The molecule has 30 heavy (non-hydrogen) atoms. The van der Waals surface area contributed by atoms with Crippen LogP contribution < -0.4 is 20.7 Å². The predicted octanol–water partition coefficient (Wildman–Crippen LogP) is 3.64. The number of hydrogen-bond donors (Lipinski definition) is 3. The van der Waals surface area contributed by atoms with Crippen LogP contribution in [0.4, 0.5) is 10.5 Å². The molecule has 1 heterocycles. The van der Waals surface area contributed by atoms with Gasteiger partial charge >= 0.3 is 6.03 Å². The lowest BCUT2D eigenvalue weighted by molar-refractivity contribution is -0.122. The maximum atomic E-state index is 12.6. The number of carbonyl (C=O) groups is 3. The summed E-state index contributed by atoms with van der Waals surface area (Å²) in [7, 11) is 0. The van der Waals surface area contributed by atoms with Crippen molar-refractivity contribution in [3.05, 3.63) is 66.7 Å². The van der Waals surface area contributed by atoms with E-state index in [1.54, 1.807) is 24.3 Å². The minimum atomic E-state index is -0.454. The van der Waals surface area contributed by atoms with Gasteiger partial charge in [0.25, 0.3) is 0 Å². The summed E-state index contributed by atoms with van der Waals surface area (Å²) >= 11 is 0. The Labute approximate surface area is 175 Å². The molecule has 0 unspecified atom stereocenters. The van der Waals surface area contributed by atoms with E-state index in [9.17, 15) is 14.4 Å². The maximum absolute atomic E-state index is 12.6. The van der Waals surface area contributed by atoms with Crippen LogP contribution in [0.15, 0.2) is 66.7 Å². The average Bonchev–Trinajstić information content (AvgIpc) is 3.13. The van der Waals surface area contributed by atoms with Gasteiger partial charge < -0.3 is 20.7 Å². The van der Waals surface area contributed by atoms with Crippen molar-refractivity contribution in [2.45, 2.75) is 25.8 Å². The molecule has 3 amide bonds. The van der Waals surface area contributed by atoms with Crippen LogP contribution in [0.5, 0.6) is 11.5 Å². The van der Waals surface area contributed by atoms with E-state index in [2.05, 4.69) is 16.0 Å². The van der Waals surface area contributed by atoms with Crippen molar-refractivity contribution >= 4 is 23.4 Å². The van der Waals surface area contributed by atoms with E-state index < -0.39 is 12.1 Å². The molecule has 7 nitrogen and oxygen atoms in total. The maximum Gasteiger partial charge on any atom is 0.319 e. The lowest BCUT2D eigenvalue weighted by atomic mass is 9.98. The summed E-state index contributed by atoms with van der Waals surface area (Å²) in [6.45, 7) is 2.07. The van der Waals surface area contributed by atoms with Crippen LogP contribution in [0.3, 0.4) is 0 Å². The molecule has 0 saturated carbocycles. The predicted molar refractivity (Wildman–Crippen MR) is 114 cm³/mol. The minimum absolute atomic E-state index is 0.0277. The highest BCUT2D eigenvalue weighted by molar-refractivity contribution is 5.92. The summed E-state index contributed by atoms with van der Waals surface area (Å²) in [4.78, 5) is 35.9. The zero-order valence-corrected chi connectivity index (χ0v) is 16.8. The second-order valence-electron chi connectivity index (χ2n) is 7.10. The van der Waals surface area contributed by atoms with Crippen molar-refractivity contribution in [3.63, 3.8) is 0 Å². The van der Waals surface area contributed by atoms with E-state index in [4.69, 9.17) is 4.74 Å². The van der Waals surface area contributed by atoms with Crippen LogP contribution in [0.25, 0.3) is 0 Å². The van der Waals surface area contributed by atoms with E-state index in [0.29, 0.717) is 36.6 Å². The van der Waals surface area contributed by atoms with Gasteiger partial charge in [0.2, 0.25) is 5.91 Å². The Balaban J connectivity index is 1.67. The fourth-order valence-corrected chi connectivity index (χ4v) is 3.21. The molecule has 3 N–H and O–H groups in total. The van der Waals surface area contributed by atoms with Gasteiger partial charge in [-0.1, -0.05) is 36.4 Å². The van der Waals surface area contributed by atoms with Crippen LogP contribution in [-0.4, -0.2) is 30.3 Å². The number of ether oxygens (including phenoxy) is 1. The highest BCUT2D eigenvalue weighted by Crippen LogP contribution is 2.29. The fourth-order valence-electron chi connectivity index (χ4n) is 3.21. The average molecular weight is 407 g/mol. The summed E-state index contributed by atoms with van der Waals surface area (Å²) in [6.07, 6.45) is 4.16. The molecule has 0 aromatic heterocycles. The smallest absolute Gasteiger partial charge is 0.319 e. The Morgan fingerprint density at radius 1 is 1.17 bits per heavy atom. The number of anilines is 1. The van der Waals surface area contributed by atoms with Gasteiger partial charge in [0.1, 0.15) is 5.75 Å². The van der Waals surface area contributed by atoms with E-state index in [0.717, 1.165) is 0 Å². The van der Waals surface area contributed by atoms with E-state index in [-0.39, 0.29) is 17.6 Å². The molecule has 7 heteroatoms. The summed E-state index contributed by atoms with van der Waals surface area (Å²) in [5.74, 6) is 0.812. The SMILES string of the molecule is CC(=O)/C=C/[C@H](C[C@@H]1CCNC1=O)NC(=O)Nc1ccccc1Oc1ccccc1. The first kappa shape index (κ1) is 21.1.